The van der Waals surface area contributed by atoms with Crippen LogP contribution in [-0.4, -0.2) is 75.6 Å². The van der Waals surface area contributed by atoms with Crippen LogP contribution in [0.5, 0.6) is 0 Å². The number of carbonyl (C=O) groups is 1. The van der Waals surface area contributed by atoms with Crippen molar-refractivity contribution >= 4 is 13.8 Å². The lowest BCUT2D eigenvalue weighted by Gasteiger charge is -2.24. The third-order valence-electron chi connectivity index (χ3n) is 8.15. The number of allylic oxidation sites excluding steroid dienone is 6. The first kappa shape index (κ1) is 47.7. The number of quaternary nitrogens is 1. The minimum Gasteiger partial charge on any atom is -0.457 e. The highest BCUT2D eigenvalue weighted by molar-refractivity contribution is 7.47. The third-order valence-corrected chi connectivity index (χ3v) is 9.14. The highest BCUT2D eigenvalue weighted by Crippen LogP contribution is 2.43. The quantitative estimate of drug-likeness (QED) is 0.0227. The smallest absolute Gasteiger partial charge is 0.457 e. The zero-order chi connectivity index (χ0) is 36.3. The number of carbonyl (C=O) groups excluding carboxylic acids is 1. The molecule has 2 unspecified atom stereocenters. The van der Waals surface area contributed by atoms with Gasteiger partial charge in [-0.15, -0.1) is 0 Å². The number of phosphoric acid groups is 1. The Morgan fingerprint density at radius 2 is 1.16 bits per heavy atom. The lowest BCUT2D eigenvalue weighted by Crippen LogP contribution is -2.37. The fourth-order valence-corrected chi connectivity index (χ4v) is 5.80. The Hall–Kier alpha value is -1.28. The molecule has 0 aliphatic carbocycles. The van der Waals surface area contributed by atoms with E-state index in [9.17, 15) is 14.3 Å². The lowest BCUT2D eigenvalue weighted by atomic mass is 10.1. The van der Waals surface area contributed by atoms with Gasteiger partial charge in [0.05, 0.1) is 34.4 Å². The molecule has 9 heteroatoms. The summed E-state index contributed by atoms with van der Waals surface area (Å²) in [5, 5.41) is 0. The van der Waals surface area contributed by atoms with E-state index in [0.29, 0.717) is 24.1 Å². The van der Waals surface area contributed by atoms with Crippen molar-refractivity contribution in [1.29, 1.82) is 0 Å². The molecular weight excluding hydrogens is 637 g/mol. The number of hydrogen-bond acceptors (Lipinski definition) is 6. The molecule has 2 atom stereocenters. The van der Waals surface area contributed by atoms with Gasteiger partial charge in [0.15, 0.2) is 0 Å². The summed E-state index contributed by atoms with van der Waals surface area (Å²) in [6.45, 7) is 5.50. The Labute approximate surface area is 302 Å². The van der Waals surface area contributed by atoms with Crippen LogP contribution in [0.25, 0.3) is 0 Å². The number of hydrogen-bond donors (Lipinski definition) is 1. The first-order valence-electron chi connectivity index (χ1n) is 19.7. The molecule has 0 aromatic rings. The lowest BCUT2D eigenvalue weighted by molar-refractivity contribution is -0.870. The molecule has 288 valence electrons. The molecule has 0 aromatic carbocycles. The SMILES string of the molecule is CCC/C=C\C/C=C\CCCCCCCC(=O)OC(COCCCCCCCC/C=C\CCCCCC)COP(=O)(O)OCC[N+](C)(C)C. The van der Waals surface area contributed by atoms with Gasteiger partial charge in [0.2, 0.25) is 0 Å². The standard InChI is InChI=1S/C40H76NO7P/c1-6-8-10-12-14-16-18-20-22-24-26-28-30-32-35-45-37-39(38-47-49(43,44)46-36-34-41(3,4)5)48-40(42)33-31-29-27-25-23-21-19-17-15-13-11-9-7-2/h11,13,16-19,39H,6-10,12,14-15,20-38H2,1-5H3/p+1/b13-11-,18-16-,19-17-. The topological polar surface area (TPSA) is 91.3 Å². The maximum Gasteiger partial charge on any atom is 0.472 e. The molecule has 0 saturated carbocycles. The zero-order valence-electron chi connectivity index (χ0n) is 32.4. The zero-order valence-corrected chi connectivity index (χ0v) is 33.3. The first-order valence-corrected chi connectivity index (χ1v) is 21.2. The van der Waals surface area contributed by atoms with Gasteiger partial charge in [-0.25, -0.2) is 4.57 Å². The fourth-order valence-electron chi connectivity index (χ4n) is 5.05. The summed E-state index contributed by atoms with van der Waals surface area (Å²) in [5.41, 5.74) is 0. The minimum absolute atomic E-state index is 0.0841. The second-order valence-electron chi connectivity index (χ2n) is 14.3. The van der Waals surface area contributed by atoms with E-state index in [1.54, 1.807) is 0 Å². The molecular formula is C40H77NO7P+. The second kappa shape index (κ2) is 33.8. The van der Waals surface area contributed by atoms with Gasteiger partial charge in [-0.3, -0.25) is 13.8 Å². The van der Waals surface area contributed by atoms with Gasteiger partial charge in [-0.2, -0.15) is 0 Å². The molecule has 0 aliphatic rings. The van der Waals surface area contributed by atoms with Crippen molar-refractivity contribution in [1.82, 2.24) is 0 Å². The maximum absolute atomic E-state index is 12.6. The Balaban J connectivity index is 4.32. The fraction of sp³-hybridized carbons (Fsp3) is 0.825. The predicted molar refractivity (Wildman–Crippen MR) is 206 cm³/mol. The summed E-state index contributed by atoms with van der Waals surface area (Å²) in [4.78, 5) is 22.8. The van der Waals surface area contributed by atoms with Gasteiger partial charge in [-0.1, -0.05) is 121 Å². The Kier molecular flexibility index (Phi) is 33.0. The van der Waals surface area contributed by atoms with Crippen molar-refractivity contribution in [2.75, 3.05) is 54.1 Å². The molecule has 0 bridgehead atoms. The normalized spacial score (nSPS) is 14.3. The number of ether oxygens (including phenoxy) is 2. The van der Waals surface area contributed by atoms with Crippen LogP contribution in [0.2, 0.25) is 0 Å². The van der Waals surface area contributed by atoms with Crippen molar-refractivity contribution < 1.29 is 37.3 Å². The van der Waals surface area contributed by atoms with Crippen LogP contribution in [0.4, 0.5) is 0 Å². The van der Waals surface area contributed by atoms with E-state index in [0.717, 1.165) is 64.2 Å². The number of nitrogens with zero attached hydrogens (tertiary/aromatic N) is 1. The van der Waals surface area contributed by atoms with E-state index in [1.807, 2.05) is 21.1 Å². The number of unbranched alkanes of at least 4 members (excludes halogenated alkanes) is 16. The minimum atomic E-state index is -4.27. The molecule has 49 heavy (non-hydrogen) atoms. The number of rotatable bonds is 36. The van der Waals surface area contributed by atoms with Gasteiger partial charge < -0.3 is 18.9 Å². The summed E-state index contributed by atoms with van der Waals surface area (Å²) >= 11 is 0. The van der Waals surface area contributed by atoms with E-state index in [1.165, 1.54) is 70.6 Å². The van der Waals surface area contributed by atoms with E-state index in [4.69, 9.17) is 18.5 Å². The van der Waals surface area contributed by atoms with Crippen LogP contribution >= 0.6 is 7.82 Å². The van der Waals surface area contributed by atoms with Gasteiger partial charge in [0.25, 0.3) is 0 Å². The van der Waals surface area contributed by atoms with Crippen molar-refractivity contribution in [3.63, 3.8) is 0 Å². The Bertz CT molecular complexity index is 884. The number of likely N-dealkylation sites (N-methyl/N-ethyl adjacent to an activating group) is 1. The van der Waals surface area contributed by atoms with Gasteiger partial charge in [-0.05, 0) is 64.2 Å². The molecule has 0 fully saturated rings. The van der Waals surface area contributed by atoms with Gasteiger partial charge in [0, 0.05) is 13.0 Å². The van der Waals surface area contributed by atoms with E-state index in [-0.39, 0.29) is 25.8 Å². The van der Waals surface area contributed by atoms with Gasteiger partial charge in [0.1, 0.15) is 19.3 Å². The van der Waals surface area contributed by atoms with Crippen molar-refractivity contribution in [2.45, 2.75) is 161 Å². The molecule has 0 rings (SSSR count). The summed E-state index contributed by atoms with van der Waals surface area (Å²) in [7, 11) is 1.65. The molecule has 0 radical (unpaired) electrons. The predicted octanol–water partition coefficient (Wildman–Crippen LogP) is 11.0. The van der Waals surface area contributed by atoms with Gasteiger partial charge >= 0.3 is 13.8 Å². The average molecular weight is 715 g/mol. The van der Waals surface area contributed by atoms with Crippen molar-refractivity contribution in [3.8, 4) is 0 Å². The molecule has 0 heterocycles. The molecule has 0 amide bonds. The highest BCUT2D eigenvalue weighted by atomic mass is 31.2. The van der Waals surface area contributed by atoms with Crippen molar-refractivity contribution in [3.05, 3.63) is 36.5 Å². The summed E-state index contributed by atoms with van der Waals surface area (Å²) < 4.78 is 34.8. The van der Waals surface area contributed by atoms with Crippen molar-refractivity contribution in [2.24, 2.45) is 0 Å². The molecule has 0 saturated heterocycles. The first-order chi connectivity index (χ1) is 23.6. The van der Waals surface area contributed by atoms with Crippen LogP contribution in [0.3, 0.4) is 0 Å². The second-order valence-corrected chi connectivity index (χ2v) is 15.8. The summed E-state index contributed by atoms with van der Waals surface area (Å²) in [6, 6.07) is 0. The van der Waals surface area contributed by atoms with E-state index < -0.39 is 13.9 Å². The summed E-state index contributed by atoms with van der Waals surface area (Å²) in [6.07, 6.45) is 37.4. The monoisotopic (exact) mass is 715 g/mol. The molecule has 1 N–H and O–H groups in total. The van der Waals surface area contributed by atoms with E-state index >= 15 is 0 Å². The van der Waals surface area contributed by atoms with E-state index in [2.05, 4.69) is 50.3 Å². The average Bonchev–Trinajstić information content (AvgIpc) is 3.04. The van der Waals surface area contributed by atoms with Crippen LogP contribution in [-0.2, 0) is 27.9 Å². The number of esters is 1. The Morgan fingerprint density at radius 1 is 0.633 bits per heavy atom. The third kappa shape index (κ3) is 37.8. The molecule has 8 nitrogen and oxygen atoms in total. The maximum atomic E-state index is 12.6. The summed E-state index contributed by atoms with van der Waals surface area (Å²) in [5.74, 6) is -0.332. The molecule has 0 aliphatic heterocycles. The largest absolute Gasteiger partial charge is 0.472 e. The van der Waals surface area contributed by atoms with Crippen LogP contribution in [0.15, 0.2) is 36.5 Å². The van der Waals surface area contributed by atoms with Crippen LogP contribution in [0, 0.1) is 0 Å². The Morgan fingerprint density at radius 3 is 1.76 bits per heavy atom. The van der Waals surface area contributed by atoms with Crippen LogP contribution in [0.1, 0.15) is 155 Å². The van der Waals surface area contributed by atoms with Crippen LogP contribution < -0.4 is 0 Å². The molecule has 0 aromatic heterocycles. The highest BCUT2D eigenvalue weighted by Gasteiger charge is 2.26. The number of phosphoric ester groups is 1. The molecule has 0 spiro atoms.